The maximum atomic E-state index is 10.9. The number of hydrogen-bond donors (Lipinski definition) is 6. The molecule has 0 aromatic heterocycles. The Kier molecular flexibility index (Phi) is 4.59. The molecule has 1 aliphatic heterocycles. The lowest BCUT2D eigenvalue weighted by atomic mass is 9.96. The highest BCUT2D eigenvalue weighted by atomic mass is 16.6. The smallest absolute Gasteiger partial charge is 0.217 e. The first-order valence-corrected chi connectivity index (χ1v) is 4.80. The fraction of sp³-hybridized carbons (Fsp3) is 0.875. The molecule has 0 radical (unpaired) electrons. The molecule has 16 heavy (non-hydrogen) atoms. The van der Waals surface area contributed by atoms with E-state index >= 15 is 0 Å². The van der Waals surface area contributed by atoms with Crippen molar-refractivity contribution in [3.05, 3.63) is 0 Å². The van der Waals surface area contributed by atoms with Gasteiger partial charge in [-0.15, -0.1) is 0 Å². The van der Waals surface area contributed by atoms with Crippen molar-refractivity contribution < 1.29 is 30.1 Å². The Morgan fingerprint density at radius 3 is 2.44 bits per heavy atom. The van der Waals surface area contributed by atoms with Crippen molar-refractivity contribution >= 4 is 5.91 Å². The topological polar surface area (TPSA) is 131 Å². The number of aliphatic hydroxyl groups is 3. The van der Waals surface area contributed by atoms with Crippen LogP contribution in [0.2, 0.25) is 0 Å². The zero-order chi connectivity index (χ0) is 12.3. The number of ether oxygens (including phenoxy) is 1. The highest BCUT2D eigenvalue weighted by molar-refractivity contribution is 5.73. The van der Waals surface area contributed by atoms with Gasteiger partial charge in [0.05, 0.1) is 12.6 Å². The van der Waals surface area contributed by atoms with Crippen LogP contribution >= 0.6 is 0 Å². The van der Waals surface area contributed by atoms with Crippen LogP contribution in [0, 0.1) is 0 Å². The van der Waals surface area contributed by atoms with Gasteiger partial charge in [0.1, 0.15) is 18.3 Å². The summed E-state index contributed by atoms with van der Waals surface area (Å²) in [6.07, 6.45) is -4.81. The molecule has 0 aromatic rings. The van der Waals surface area contributed by atoms with Crippen molar-refractivity contribution in [2.75, 3.05) is 6.61 Å². The van der Waals surface area contributed by atoms with Crippen molar-refractivity contribution in [3.63, 3.8) is 0 Å². The number of rotatable bonds is 3. The van der Waals surface area contributed by atoms with Gasteiger partial charge in [-0.25, -0.2) is 0 Å². The molecule has 8 heteroatoms. The molecule has 1 heterocycles. The van der Waals surface area contributed by atoms with E-state index in [2.05, 4.69) is 5.32 Å². The van der Waals surface area contributed by atoms with Crippen LogP contribution in [0.1, 0.15) is 6.92 Å². The van der Waals surface area contributed by atoms with Gasteiger partial charge in [-0.05, 0) is 0 Å². The number of carbonyl (C=O) groups is 1. The predicted molar refractivity (Wildman–Crippen MR) is 50.3 cm³/mol. The van der Waals surface area contributed by atoms with E-state index in [0.717, 1.165) is 0 Å². The summed E-state index contributed by atoms with van der Waals surface area (Å²) in [6, 6.07) is -1.000. The number of hydrogen-bond acceptors (Lipinski definition) is 7. The van der Waals surface area contributed by atoms with E-state index in [4.69, 9.17) is 15.1 Å². The molecule has 1 amide bonds. The van der Waals surface area contributed by atoms with Gasteiger partial charge >= 0.3 is 0 Å². The Morgan fingerprint density at radius 1 is 1.38 bits per heavy atom. The first-order chi connectivity index (χ1) is 7.51. The SMILES string of the molecule is CC(=O)N[C@H]1C(NO)O[C@H](CO)[C@@H](O)[C@@H]1O. The Bertz CT molecular complexity index is 249. The van der Waals surface area contributed by atoms with Gasteiger partial charge in [0.15, 0.2) is 6.23 Å². The molecule has 1 saturated heterocycles. The zero-order valence-electron chi connectivity index (χ0n) is 8.70. The van der Waals surface area contributed by atoms with Crippen LogP contribution < -0.4 is 10.8 Å². The largest absolute Gasteiger partial charge is 0.394 e. The first-order valence-electron chi connectivity index (χ1n) is 4.80. The quantitative estimate of drug-likeness (QED) is 0.286. The summed E-state index contributed by atoms with van der Waals surface area (Å²) >= 11 is 0. The van der Waals surface area contributed by atoms with Crippen LogP contribution in [0.15, 0.2) is 0 Å². The number of nitrogens with one attached hydrogen (secondary N) is 2. The lowest BCUT2D eigenvalue weighted by Gasteiger charge is -2.41. The summed E-state index contributed by atoms with van der Waals surface area (Å²) in [5, 5.41) is 39.2. The molecule has 0 aromatic carbocycles. The standard InChI is InChI=1S/C8H16N2O6/c1-3(12)9-5-7(14)6(13)4(2-11)16-8(5)10-15/h4-8,10-11,13-15H,2H2,1H3,(H,9,12)/t4-,5-,6-,7-,8?/m1/s1. The fourth-order valence-corrected chi connectivity index (χ4v) is 1.62. The van der Waals surface area contributed by atoms with E-state index in [1.807, 2.05) is 0 Å². The van der Waals surface area contributed by atoms with E-state index in [0.29, 0.717) is 0 Å². The molecular formula is C8H16N2O6. The van der Waals surface area contributed by atoms with Gasteiger partial charge in [-0.2, -0.15) is 5.48 Å². The fourth-order valence-electron chi connectivity index (χ4n) is 1.62. The lowest BCUT2D eigenvalue weighted by Crippen LogP contribution is -2.67. The van der Waals surface area contributed by atoms with Gasteiger partial charge < -0.3 is 30.6 Å². The Hall–Kier alpha value is -0.770. The van der Waals surface area contributed by atoms with Crippen molar-refractivity contribution in [1.29, 1.82) is 0 Å². The minimum atomic E-state index is -1.35. The van der Waals surface area contributed by atoms with Crippen LogP contribution in [-0.4, -0.2) is 63.6 Å². The second-order valence-electron chi connectivity index (χ2n) is 3.61. The lowest BCUT2D eigenvalue weighted by molar-refractivity contribution is -0.222. The number of amides is 1. The normalized spacial score (nSPS) is 39.4. The van der Waals surface area contributed by atoms with E-state index < -0.39 is 43.1 Å². The van der Waals surface area contributed by atoms with Crippen LogP contribution in [-0.2, 0) is 9.53 Å². The van der Waals surface area contributed by atoms with E-state index in [1.54, 1.807) is 5.48 Å². The minimum Gasteiger partial charge on any atom is -0.394 e. The third-order valence-corrected chi connectivity index (χ3v) is 2.42. The molecule has 1 fully saturated rings. The van der Waals surface area contributed by atoms with Gasteiger partial charge in [-0.3, -0.25) is 4.79 Å². The summed E-state index contributed by atoms with van der Waals surface area (Å²) in [7, 11) is 0. The molecule has 0 aliphatic carbocycles. The Balaban J connectivity index is 2.77. The van der Waals surface area contributed by atoms with Crippen LogP contribution in [0.5, 0.6) is 0 Å². The van der Waals surface area contributed by atoms with E-state index in [9.17, 15) is 15.0 Å². The molecule has 1 rings (SSSR count). The summed E-state index contributed by atoms with van der Waals surface area (Å²) in [6.45, 7) is 0.717. The Morgan fingerprint density at radius 2 is 2.00 bits per heavy atom. The maximum absolute atomic E-state index is 10.9. The van der Waals surface area contributed by atoms with Crippen LogP contribution in [0.3, 0.4) is 0 Å². The zero-order valence-corrected chi connectivity index (χ0v) is 8.70. The van der Waals surface area contributed by atoms with Gasteiger partial charge in [0.25, 0.3) is 0 Å². The molecule has 1 aliphatic rings. The van der Waals surface area contributed by atoms with Gasteiger partial charge in [0.2, 0.25) is 5.91 Å². The predicted octanol–water partition coefficient (Wildman–Crippen LogP) is -3.09. The summed E-state index contributed by atoms with van der Waals surface area (Å²) in [5.74, 6) is -0.442. The molecule has 1 unspecified atom stereocenters. The third kappa shape index (κ3) is 2.67. The van der Waals surface area contributed by atoms with Gasteiger partial charge in [0, 0.05) is 6.92 Å². The third-order valence-electron chi connectivity index (χ3n) is 2.42. The number of aliphatic hydroxyl groups excluding tert-OH is 3. The average molecular weight is 236 g/mol. The van der Waals surface area contributed by atoms with Crippen molar-refractivity contribution in [2.45, 2.75) is 37.5 Å². The van der Waals surface area contributed by atoms with Gasteiger partial charge in [-0.1, -0.05) is 0 Å². The van der Waals surface area contributed by atoms with Crippen molar-refractivity contribution in [2.24, 2.45) is 0 Å². The molecule has 5 atom stereocenters. The highest BCUT2D eigenvalue weighted by Gasteiger charge is 2.44. The van der Waals surface area contributed by atoms with Crippen LogP contribution in [0.4, 0.5) is 0 Å². The second kappa shape index (κ2) is 5.53. The monoisotopic (exact) mass is 236 g/mol. The summed E-state index contributed by atoms with van der Waals surface area (Å²) < 4.78 is 5.05. The summed E-state index contributed by atoms with van der Waals surface area (Å²) in [4.78, 5) is 10.9. The van der Waals surface area contributed by atoms with Crippen LogP contribution in [0.25, 0.3) is 0 Å². The van der Waals surface area contributed by atoms with E-state index in [-0.39, 0.29) is 0 Å². The Labute approximate surface area is 91.8 Å². The summed E-state index contributed by atoms with van der Waals surface area (Å²) in [5.41, 5.74) is 1.76. The molecule has 6 N–H and O–H groups in total. The maximum Gasteiger partial charge on any atom is 0.217 e. The highest BCUT2D eigenvalue weighted by Crippen LogP contribution is 2.19. The molecule has 0 spiro atoms. The molecule has 0 bridgehead atoms. The van der Waals surface area contributed by atoms with Crippen molar-refractivity contribution in [3.8, 4) is 0 Å². The first kappa shape index (κ1) is 13.3. The molecular weight excluding hydrogens is 220 g/mol. The molecule has 0 saturated carbocycles. The van der Waals surface area contributed by atoms with E-state index in [1.165, 1.54) is 6.92 Å². The average Bonchev–Trinajstić information content (AvgIpc) is 2.25. The minimum absolute atomic E-state index is 0.442. The number of carbonyl (C=O) groups excluding carboxylic acids is 1. The molecule has 94 valence electrons. The second-order valence-corrected chi connectivity index (χ2v) is 3.61. The molecule has 8 nitrogen and oxygen atoms in total. The number of hydroxylamine groups is 1. The van der Waals surface area contributed by atoms with Crippen molar-refractivity contribution in [1.82, 2.24) is 10.8 Å².